The number of carbonyl (C=O) groups excluding carboxylic acids is 1. The Morgan fingerprint density at radius 2 is 2.05 bits per heavy atom. The quantitative estimate of drug-likeness (QED) is 0.820. The summed E-state index contributed by atoms with van der Waals surface area (Å²) < 4.78 is 4.91. The van der Waals surface area contributed by atoms with Crippen molar-refractivity contribution < 1.29 is 19.2 Å². The topological polar surface area (TPSA) is 92.4 Å². The van der Waals surface area contributed by atoms with Gasteiger partial charge in [-0.3, -0.25) is 4.79 Å². The molecule has 0 bridgehead atoms. The summed E-state index contributed by atoms with van der Waals surface area (Å²) in [7, 11) is 0. The summed E-state index contributed by atoms with van der Waals surface area (Å²) in [6.07, 6.45) is 2.50. The van der Waals surface area contributed by atoms with Crippen LogP contribution in [0.2, 0.25) is 0 Å². The Morgan fingerprint density at radius 3 is 2.62 bits per heavy atom. The molecule has 0 aliphatic carbocycles. The lowest BCUT2D eigenvalue weighted by Crippen LogP contribution is -2.22. The molecule has 1 aromatic heterocycles. The SMILES string of the molecule is Cc1cc(CNC(=O)c2ccc(C=CC(=O)O)cc2)no1. The van der Waals surface area contributed by atoms with Crippen molar-refractivity contribution in [3.05, 3.63) is 59.0 Å². The van der Waals surface area contributed by atoms with Crippen LogP contribution in [0.25, 0.3) is 6.08 Å². The largest absolute Gasteiger partial charge is 0.478 e. The van der Waals surface area contributed by atoms with Gasteiger partial charge in [-0.15, -0.1) is 0 Å². The maximum absolute atomic E-state index is 11.9. The van der Waals surface area contributed by atoms with E-state index in [4.69, 9.17) is 9.63 Å². The second kappa shape index (κ2) is 6.51. The minimum Gasteiger partial charge on any atom is -0.478 e. The van der Waals surface area contributed by atoms with Gasteiger partial charge in [0.1, 0.15) is 11.5 Å². The molecule has 0 aliphatic heterocycles. The fourth-order valence-corrected chi connectivity index (χ4v) is 1.69. The molecule has 2 aromatic rings. The molecule has 1 amide bonds. The smallest absolute Gasteiger partial charge is 0.328 e. The zero-order valence-corrected chi connectivity index (χ0v) is 11.4. The van der Waals surface area contributed by atoms with E-state index < -0.39 is 5.97 Å². The van der Waals surface area contributed by atoms with Gasteiger partial charge in [0.05, 0.1) is 6.54 Å². The van der Waals surface area contributed by atoms with Crippen molar-refractivity contribution in [2.45, 2.75) is 13.5 Å². The van der Waals surface area contributed by atoms with Crippen LogP contribution in [0.3, 0.4) is 0 Å². The maximum atomic E-state index is 11.9. The maximum Gasteiger partial charge on any atom is 0.328 e. The Morgan fingerprint density at radius 1 is 1.33 bits per heavy atom. The molecule has 0 unspecified atom stereocenters. The molecule has 0 atom stereocenters. The first-order valence-electron chi connectivity index (χ1n) is 6.26. The molecule has 6 nitrogen and oxygen atoms in total. The Balaban J connectivity index is 1.95. The van der Waals surface area contributed by atoms with Crippen LogP contribution >= 0.6 is 0 Å². The standard InChI is InChI=1S/C15H14N2O4/c1-10-8-13(17-21-10)9-16-15(20)12-5-2-11(3-6-12)4-7-14(18)19/h2-8H,9H2,1H3,(H,16,20)(H,18,19). The Hall–Kier alpha value is -2.89. The number of aryl methyl sites for hydroxylation is 1. The van der Waals surface area contributed by atoms with Gasteiger partial charge in [-0.05, 0) is 30.7 Å². The molecule has 0 fully saturated rings. The molecule has 2 N–H and O–H groups in total. The van der Waals surface area contributed by atoms with Gasteiger partial charge in [-0.25, -0.2) is 4.79 Å². The lowest BCUT2D eigenvalue weighted by molar-refractivity contribution is -0.131. The van der Waals surface area contributed by atoms with Crippen molar-refractivity contribution in [2.24, 2.45) is 0 Å². The van der Waals surface area contributed by atoms with E-state index in [1.54, 1.807) is 37.3 Å². The molecule has 0 spiro atoms. The Bertz CT molecular complexity index is 671. The monoisotopic (exact) mass is 286 g/mol. The number of carbonyl (C=O) groups is 2. The first-order valence-corrected chi connectivity index (χ1v) is 6.26. The number of aromatic nitrogens is 1. The van der Waals surface area contributed by atoms with Crippen LogP contribution in [0, 0.1) is 6.92 Å². The second-order valence-corrected chi connectivity index (χ2v) is 4.41. The van der Waals surface area contributed by atoms with E-state index in [0.717, 1.165) is 6.08 Å². The van der Waals surface area contributed by atoms with E-state index in [1.165, 1.54) is 6.08 Å². The molecule has 108 valence electrons. The molecule has 1 heterocycles. The van der Waals surface area contributed by atoms with Gasteiger partial charge in [0, 0.05) is 17.7 Å². The number of aliphatic carboxylic acids is 1. The molecule has 1 aromatic carbocycles. The van der Waals surface area contributed by atoms with E-state index in [1.807, 2.05) is 0 Å². The normalized spacial score (nSPS) is 10.7. The third kappa shape index (κ3) is 4.31. The molecule has 21 heavy (non-hydrogen) atoms. The zero-order chi connectivity index (χ0) is 15.2. The summed E-state index contributed by atoms with van der Waals surface area (Å²) in [5.41, 5.74) is 1.85. The van der Waals surface area contributed by atoms with E-state index >= 15 is 0 Å². The third-order valence-electron chi connectivity index (χ3n) is 2.70. The number of hydrogen-bond donors (Lipinski definition) is 2. The Kier molecular flexibility index (Phi) is 4.50. The van der Waals surface area contributed by atoms with Crippen LogP contribution in [-0.2, 0) is 11.3 Å². The lowest BCUT2D eigenvalue weighted by Gasteiger charge is -2.03. The zero-order valence-electron chi connectivity index (χ0n) is 11.4. The van der Waals surface area contributed by atoms with Crippen molar-refractivity contribution >= 4 is 18.0 Å². The number of hydrogen-bond acceptors (Lipinski definition) is 4. The average molecular weight is 286 g/mol. The lowest BCUT2D eigenvalue weighted by atomic mass is 10.1. The van der Waals surface area contributed by atoms with E-state index in [-0.39, 0.29) is 12.5 Å². The minimum absolute atomic E-state index is 0.232. The fraction of sp³-hybridized carbons (Fsp3) is 0.133. The van der Waals surface area contributed by atoms with Crippen LogP contribution in [0.1, 0.15) is 27.4 Å². The molecule has 2 rings (SSSR count). The second-order valence-electron chi connectivity index (χ2n) is 4.41. The van der Waals surface area contributed by atoms with Crippen molar-refractivity contribution in [2.75, 3.05) is 0 Å². The summed E-state index contributed by atoms with van der Waals surface area (Å²) in [4.78, 5) is 22.3. The number of benzene rings is 1. The van der Waals surface area contributed by atoms with Gasteiger partial charge in [-0.1, -0.05) is 17.3 Å². The highest BCUT2D eigenvalue weighted by Gasteiger charge is 2.06. The van der Waals surface area contributed by atoms with Gasteiger partial charge in [0.15, 0.2) is 0 Å². The summed E-state index contributed by atoms with van der Waals surface area (Å²) in [5.74, 6) is -0.557. The number of nitrogens with zero attached hydrogens (tertiary/aromatic N) is 1. The fourth-order valence-electron chi connectivity index (χ4n) is 1.69. The van der Waals surface area contributed by atoms with Crippen LogP contribution < -0.4 is 5.32 Å². The molecule has 0 saturated carbocycles. The molecular formula is C15H14N2O4. The Labute approximate surface area is 121 Å². The minimum atomic E-state index is -1.01. The average Bonchev–Trinajstić information content (AvgIpc) is 2.89. The van der Waals surface area contributed by atoms with Gasteiger partial charge in [-0.2, -0.15) is 0 Å². The van der Waals surface area contributed by atoms with E-state index in [2.05, 4.69) is 10.5 Å². The van der Waals surface area contributed by atoms with Crippen LogP contribution in [0.4, 0.5) is 0 Å². The third-order valence-corrected chi connectivity index (χ3v) is 2.70. The van der Waals surface area contributed by atoms with Crippen molar-refractivity contribution in [1.29, 1.82) is 0 Å². The van der Waals surface area contributed by atoms with Crippen molar-refractivity contribution in [1.82, 2.24) is 10.5 Å². The molecule has 6 heteroatoms. The number of rotatable bonds is 5. The van der Waals surface area contributed by atoms with Gasteiger partial charge in [0.25, 0.3) is 5.91 Å². The van der Waals surface area contributed by atoms with Crippen LogP contribution in [0.15, 0.2) is 40.9 Å². The summed E-state index contributed by atoms with van der Waals surface area (Å²) in [6.45, 7) is 2.07. The van der Waals surface area contributed by atoms with Crippen molar-refractivity contribution in [3.8, 4) is 0 Å². The number of carboxylic acid groups (broad SMARTS) is 1. The molecule has 0 radical (unpaired) electrons. The predicted octanol–water partition coefficient (Wildman–Crippen LogP) is 2.01. The first kappa shape index (κ1) is 14.5. The summed E-state index contributed by atoms with van der Waals surface area (Å²) in [5, 5.41) is 15.0. The number of amides is 1. The van der Waals surface area contributed by atoms with E-state index in [9.17, 15) is 9.59 Å². The van der Waals surface area contributed by atoms with Crippen molar-refractivity contribution in [3.63, 3.8) is 0 Å². The highest BCUT2D eigenvalue weighted by Crippen LogP contribution is 2.07. The number of nitrogens with one attached hydrogen (secondary N) is 1. The van der Waals surface area contributed by atoms with Crippen LogP contribution in [0.5, 0.6) is 0 Å². The molecular weight excluding hydrogens is 272 g/mol. The summed E-state index contributed by atoms with van der Waals surface area (Å²) >= 11 is 0. The van der Waals surface area contributed by atoms with Gasteiger partial charge >= 0.3 is 5.97 Å². The predicted molar refractivity (Wildman–Crippen MR) is 75.5 cm³/mol. The highest BCUT2D eigenvalue weighted by atomic mass is 16.5. The molecule has 0 saturated heterocycles. The van der Waals surface area contributed by atoms with Crippen LogP contribution in [-0.4, -0.2) is 22.1 Å². The van der Waals surface area contributed by atoms with Gasteiger partial charge < -0.3 is 14.9 Å². The molecule has 0 aliphatic rings. The highest BCUT2D eigenvalue weighted by molar-refractivity contribution is 5.94. The summed E-state index contributed by atoms with van der Waals surface area (Å²) in [6, 6.07) is 8.36. The first-order chi connectivity index (χ1) is 10.0. The number of carboxylic acids is 1. The van der Waals surface area contributed by atoms with Gasteiger partial charge in [0.2, 0.25) is 0 Å². The van der Waals surface area contributed by atoms with E-state index in [0.29, 0.717) is 22.6 Å².